The number of hydrogen-bond donors (Lipinski definition) is 0. The maximum Gasteiger partial charge on any atom is 0.243 e. The van der Waals surface area contributed by atoms with Gasteiger partial charge in [0.15, 0.2) is 0 Å². The minimum Gasteiger partial charge on any atom is -0.339 e. The van der Waals surface area contributed by atoms with E-state index in [1.165, 1.54) is 16.4 Å². The summed E-state index contributed by atoms with van der Waals surface area (Å²) in [5.74, 6) is 0.224. The fourth-order valence-electron chi connectivity index (χ4n) is 3.79. The zero-order chi connectivity index (χ0) is 21.8. The molecule has 0 saturated carbocycles. The summed E-state index contributed by atoms with van der Waals surface area (Å²) in [5, 5.41) is 0. The van der Waals surface area contributed by atoms with Gasteiger partial charge in [-0.05, 0) is 30.3 Å². The van der Waals surface area contributed by atoms with E-state index < -0.39 is 15.8 Å². The van der Waals surface area contributed by atoms with Gasteiger partial charge in [0.2, 0.25) is 21.9 Å². The number of amides is 1. The van der Waals surface area contributed by atoms with Gasteiger partial charge in [-0.3, -0.25) is 9.69 Å². The van der Waals surface area contributed by atoms with Crippen LogP contribution in [0.5, 0.6) is 0 Å². The molecule has 0 radical (unpaired) electrons. The maximum atomic E-state index is 13.1. The van der Waals surface area contributed by atoms with Crippen LogP contribution < -0.4 is 4.90 Å². The number of rotatable bonds is 5. The van der Waals surface area contributed by atoms with E-state index >= 15 is 0 Å². The first-order valence-corrected chi connectivity index (χ1v) is 11.7. The van der Waals surface area contributed by atoms with Gasteiger partial charge >= 0.3 is 0 Å². The van der Waals surface area contributed by atoms with Crippen LogP contribution in [0.1, 0.15) is 0 Å². The number of aromatic nitrogens is 2. The average molecular weight is 449 g/mol. The van der Waals surface area contributed by atoms with Gasteiger partial charge in [0.1, 0.15) is 5.82 Å². The molecule has 2 fully saturated rings. The minimum atomic E-state index is -3.69. The molecule has 11 heteroatoms. The Hall–Kier alpha value is -2.63. The molecule has 0 spiro atoms. The lowest BCUT2D eigenvalue weighted by Crippen LogP contribution is -2.54. The van der Waals surface area contributed by atoms with Crippen molar-refractivity contribution in [2.75, 3.05) is 63.8 Å². The van der Waals surface area contributed by atoms with Crippen molar-refractivity contribution in [2.45, 2.75) is 4.90 Å². The van der Waals surface area contributed by atoms with Gasteiger partial charge in [0.25, 0.3) is 0 Å². The Morgan fingerprint density at radius 2 is 1.52 bits per heavy atom. The number of hydrogen-bond acceptors (Lipinski definition) is 7. The quantitative estimate of drug-likeness (QED) is 0.649. The number of nitrogens with zero attached hydrogens (tertiary/aromatic N) is 6. The van der Waals surface area contributed by atoms with Crippen LogP contribution in [0, 0.1) is 5.82 Å². The van der Waals surface area contributed by atoms with Gasteiger partial charge in [-0.2, -0.15) is 4.31 Å². The van der Waals surface area contributed by atoms with Gasteiger partial charge in [-0.25, -0.2) is 22.8 Å². The summed E-state index contributed by atoms with van der Waals surface area (Å²) in [5.41, 5.74) is 0. The lowest BCUT2D eigenvalue weighted by atomic mass is 10.3. The number of piperazine rings is 2. The number of anilines is 1. The van der Waals surface area contributed by atoms with E-state index in [9.17, 15) is 17.6 Å². The monoisotopic (exact) mass is 448 g/mol. The SMILES string of the molecule is O=C(CN1CCN(c2ncccn2)CC1)N1CCN(S(=O)(=O)c2ccc(F)cc2)CC1. The lowest BCUT2D eigenvalue weighted by molar-refractivity contribution is -0.133. The second-order valence-electron chi connectivity index (χ2n) is 7.55. The molecule has 2 aromatic rings. The predicted molar refractivity (Wildman–Crippen MR) is 112 cm³/mol. The molecule has 2 aliphatic rings. The van der Waals surface area contributed by atoms with Crippen molar-refractivity contribution in [3.8, 4) is 0 Å². The Kier molecular flexibility index (Phi) is 6.44. The molecule has 0 unspecified atom stereocenters. The van der Waals surface area contributed by atoms with Gasteiger partial charge in [0.05, 0.1) is 11.4 Å². The molecule has 0 N–H and O–H groups in total. The van der Waals surface area contributed by atoms with Gasteiger partial charge in [-0.1, -0.05) is 0 Å². The van der Waals surface area contributed by atoms with Gasteiger partial charge in [-0.15, -0.1) is 0 Å². The van der Waals surface area contributed by atoms with Crippen LogP contribution in [0.15, 0.2) is 47.6 Å². The van der Waals surface area contributed by atoms with E-state index in [0.717, 1.165) is 38.3 Å². The predicted octanol–water partition coefficient (Wildman–Crippen LogP) is 0.271. The second-order valence-corrected chi connectivity index (χ2v) is 9.49. The van der Waals surface area contributed by atoms with Crippen molar-refractivity contribution in [3.63, 3.8) is 0 Å². The van der Waals surface area contributed by atoms with Crippen molar-refractivity contribution in [1.82, 2.24) is 24.1 Å². The van der Waals surface area contributed by atoms with Crippen LogP contribution in [0.3, 0.4) is 0 Å². The molecule has 166 valence electrons. The van der Waals surface area contributed by atoms with Crippen molar-refractivity contribution >= 4 is 21.9 Å². The molecule has 1 amide bonds. The normalized spacial score (nSPS) is 18.9. The molecule has 2 saturated heterocycles. The molecule has 0 bridgehead atoms. The topological polar surface area (TPSA) is 90.0 Å². The second kappa shape index (κ2) is 9.25. The Bertz CT molecular complexity index is 989. The number of carbonyl (C=O) groups excluding carboxylic acids is 1. The summed E-state index contributed by atoms with van der Waals surface area (Å²) in [7, 11) is -3.69. The summed E-state index contributed by atoms with van der Waals surface area (Å²) in [6.45, 7) is 4.44. The van der Waals surface area contributed by atoms with E-state index in [1.54, 1.807) is 23.4 Å². The van der Waals surface area contributed by atoms with Crippen LogP contribution >= 0.6 is 0 Å². The van der Waals surface area contributed by atoms with Crippen molar-refractivity contribution < 1.29 is 17.6 Å². The fourth-order valence-corrected chi connectivity index (χ4v) is 5.21. The third-order valence-corrected chi connectivity index (χ3v) is 7.52. The van der Waals surface area contributed by atoms with E-state index in [4.69, 9.17) is 0 Å². The highest BCUT2D eigenvalue weighted by Crippen LogP contribution is 2.18. The molecular weight excluding hydrogens is 423 g/mol. The first-order chi connectivity index (χ1) is 14.9. The molecule has 0 aliphatic carbocycles. The molecule has 0 atom stereocenters. The number of benzene rings is 1. The molecule has 1 aromatic carbocycles. The van der Waals surface area contributed by atoms with Crippen molar-refractivity contribution in [1.29, 1.82) is 0 Å². The van der Waals surface area contributed by atoms with Gasteiger partial charge in [0, 0.05) is 64.8 Å². The largest absolute Gasteiger partial charge is 0.339 e. The van der Waals surface area contributed by atoms with E-state index in [1.807, 2.05) is 0 Å². The Morgan fingerprint density at radius 3 is 2.13 bits per heavy atom. The van der Waals surface area contributed by atoms with E-state index in [-0.39, 0.29) is 23.9 Å². The average Bonchev–Trinajstić information content (AvgIpc) is 2.80. The number of carbonyl (C=O) groups is 1. The van der Waals surface area contributed by atoms with Crippen LogP contribution in [-0.4, -0.2) is 97.3 Å². The zero-order valence-corrected chi connectivity index (χ0v) is 17.9. The zero-order valence-electron chi connectivity index (χ0n) is 17.1. The lowest BCUT2D eigenvalue weighted by Gasteiger charge is -2.37. The summed E-state index contributed by atoms with van der Waals surface area (Å²) in [6.07, 6.45) is 3.43. The smallest absolute Gasteiger partial charge is 0.243 e. The van der Waals surface area contributed by atoms with E-state index in [0.29, 0.717) is 25.6 Å². The molecule has 9 nitrogen and oxygen atoms in total. The summed E-state index contributed by atoms with van der Waals surface area (Å²) < 4.78 is 39.9. The van der Waals surface area contributed by atoms with Crippen LogP contribution in [0.2, 0.25) is 0 Å². The summed E-state index contributed by atoms with van der Waals surface area (Å²) in [4.78, 5) is 27.2. The molecule has 2 aliphatic heterocycles. The summed E-state index contributed by atoms with van der Waals surface area (Å²) in [6, 6.07) is 6.58. The molecular formula is C20H25FN6O3S. The van der Waals surface area contributed by atoms with Crippen LogP contribution in [-0.2, 0) is 14.8 Å². The molecule has 31 heavy (non-hydrogen) atoms. The Balaban J connectivity index is 1.26. The fraction of sp³-hybridized carbons (Fsp3) is 0.450. The molecule has 4 rings (SSSR count). The first kappa shape index (κ1) is 21.6. The standard InChI is InChI=1S/C20H25FN6O3S/c21-17-2-4-18(5-3-17)31(29,30)27-14-12-25(13-15-27)19(28)16-24-8-10-26(11-9-24)20-22-6-1-7-23-20/h1-7H,8-16H2. The number of halogens is 1. The van der Waals surface area contributed by atoms with Crippen molar-refractivity contribution in [2.24, 2.45) is 0 Å². The highest BCUT2D eigenvalue weighted by molar-refractivity contribution is 7.89. The molecule has 1 aromatic heterocycles. The highest BCUT2D eigenvalue weighted by atomic mass is 32.2. The number of sulfonamides is 1. The highest BCUT2D eigenvalue weighted by Gasteiger charge is 2.31. The summed E-state index contributed by atoms with van der Waals surface area (Å²) >= 11 is 0. The third kappa shape index (κ3) is 5.00. The Labute approximate surface area is 181 Å². The van der Waals surface area contributed by atoms with Crippen molar-refractivity contribution in [3.05, 3.63) is 48.5 Å². The van der Waals surface area contributed by atoms with Crippen LogP contribution in [0.25, 0.3) is 0 Å². The molecule has 3 heterocycles. The third-order valence-electron chi connectivity index (χ3n) is 5.61. The van der Waals surface area contributed by atoms with Gasteiger partial charge < -0.3 is 9.80 Å². The van der Waals surface area contributed by atoms with E-state index in [2.05, 4.69) is 19.8 Å². The minimum absolute atomic E-state index is 0.00300. The Morgan fingerprint density at radius 1 is 0.903 bits per heavy atom. The van der Waals surface area contributed by atoms with Crippen LogP contribution in [0.4, 0.5) is 10.3 Å². The first-order valence-electron chi connectivity index (χ1n) is 10.2. The maximum absolute atomic E-state index is 13.1.